The van der Waals surface area contributed by atoms with Crippen LogP contribution in [0.4, 0.5) is 0 Å². The van der Waals surface area contributed by atoms with Crippen LogP contribution in [0.2, 0.25) is 0 Å². The second-order valence-corrected chi connectivity index (χ2v) is 5.57. The molecule has 0 radical (unpaired) electrons. The summed E-state index contributed by atoms with van der Waals surface area (Å²) in [6.45, 7) is 6.54. The number of amides is 2. The van der Waals surface area contributed by atoms with Crippen molar-refractivity contribution in [2.24, 2.45) is 0 Å². The van der Waals surface area contributed by atoms with E-state index < -0.39 is 0 Å². The zero-order valence-electron chi connectivity index (χ0n) is 13.4. The van der Waals surface area contributed by atoms with Crippen LogP contribution in [-0.4, -0.2) is 54.4 Å². The molecule has 1 fully saturated rings. The molecule has 5 nitrogen and oxygen atoms in total. The predicted molar refractivity (Wildman–Crippen MR) is 84.7 cm³/mol. The van der Waals surface area contributed by atoms with Crippen LogP contribution in [0.25, 0.3) is 0 Å². The minimum Gasteiger partial charge on any atom is -0.484 e. The summed E-state index contributed by atoms with van der Waals surface area (Å²) in [6, 6.07) is 7.65. The Hall–Kier alpha value is -2.04. The van der Waals surface area contributed by atoms with Gasteiger partial charge in [-0.25, -0.2) is 0 Å². The van der Waals surface area contributed by atoms with Gasteiger partial charge in [-0.3, -0.25) is 9.59 Å². The summed E-state index contributed by atoms with van der Waals surface area (Å²) in [6.07, 6.45) is 1.34. The molecule has 1 aromatic carbocycles. The van der Waals surface area contributed by atoms with Crippen LogP contribution >= 0.6 is 0 Å². The Balaban J connectivity index is 1.82. The summed E-state index contributed by atoms with van der Waals surface area (Å²) in [4.78, 5) is 27.6. The maximum absolute atomic E-state index is 12.2. The monoisotopic (exact) mass is 304 g/mol. The molecule has 1 heterocycles. The first-order chi connectivity index (χ1) is 10.6. The van der Waals surface area contributed by atoms with Crippen molar-refractivity contribution in [3.63, 3.8) is 0 Å². The van der Waals surface area contributed by atoms with Crippen LogP contribution < -0.4 is 4.74 Å². The molecule has 2 amide bonds. The number of benzene rings is 1. The van der Waals surface area contributed by atoms with Crippen molar-refractivity contribution in [3.8, 4) is 5.75 Å². The predicted octanol–water partition coefficient (Wildman–Crippen LogP) is 1.84. The molecule has 22 heavy (non-hydrogen) atoms. The van der Waals surface area contributed by atoms with Crippen LogP contribution in [0, 0.1) is 6.92 Å². The third-order valence-corrected chi connectivity index (χ3v) is 3.89. The van der Waals surface area contributed by atoms with Gasteiger partial charge in [0.25, 0.3) is 5.91 Å². The normalized spacial score (nSPS) is 15.4. The number of hydrogen-bond acceptors (Lipinski definition) is 3. The number of nitrogens with zero attached hydrogens (tertiary/aromatic N) is 2. The molecule has 0 aromatic heterocycles. The Labute approximate surface area is 131 Å². The fourth-order valence-electron chi connectivity index (χ4n) is 2.51. The van der Waals surface area contributed by atoms with Gasteiger partial charge in [-0.05, 0) is 25.5 Å². The first-order valence-electron chi connectivity index (χ1n) is 7.85. The van der Waals surface area contributed by atoms with E-state index in [1.54, 1.807) is 4.90 Å². The molecule has 0 saturated carbocycles. The van der Waals surface area contributed by atoms with E-state index in [0.29, 0.717) is 31.8 Å². The molecule has 0 N–H and O–H groups in total. The van der Waals surface area contributed by atoms with Crippen molar-refractivity contribution in [1.29, 1.82) is 0 Å². The highest BCUT2D eigenvalue weighted by molar-refractivity contribution is 5.78. The number of rotatable bonds is 4. The Kier molecular flexibility index (Phi) is 5.81. The first kappa shape index (κ1) is 16.3. The number of ether oxygens (including phenoxy) is 1. The van der Waals surface area contributed by atoms with Crippen molar-refractivity contribution < 1.29 is 14.3 Å². The molecular weight excluding hydrogens is 280 g/mol. The van der Waals surface area contributed by atoms with Gasteiger partial charge in [-0.2, -0.15) is 0 Å². The molecule has 1 saturated heterocycles. The van der Waals surface area contributed by atoms with Gasteiger partial charge in [0.05, 0.1) is 0 Å². The first-order valence-corrected chi connectivity index (χ1v) is 7.85. The van der Waals surface area contributed by atoms with E-state index in [1.165, 1.54) is 0 Å². The molecule has 0 spiro atoms. The van der Waals surface area contributed by atoms with Gasteiger partial charge in [-0.15, -0.1) is 0 Å². The lowest BCUT2D eigenvalue weighted by atomic mass is 10.2. The number of carbonyl (C=O) groups excluding carboxylic acids is 2. The Morgan fingerprint density at radius 3 is 2.18 bits per heavy atom. The van der Waals surface area contributed by atoms with Crippen LogP contribution in [0.3, 0.4) is 0 Å². The molecular formula is C17H24N2O3. The fourth-order valence-corrected chi connectivity index (χ4v) is 2.51. The summed E-state index contributed by atoms with van der Waals surface area (Å²) < 4.78 is 5.54. The fraction of sp³-hybridized carbons (Fsp3) is 0.529. The van der Waals surface area contributed by atoms with Crippen LogP contribution in [0.5, 0.6) is 5.75 Å². The van der Waals surface area contributed by atoms with Crippen molar-refractivity contribution in [3.05, 3.63) is 29.8 Å². The molecule has 5 heteroatoms. The molecule has 0 aliphatic carbocycles. The second-order valence-electron chi connectivity index (χ2n) is 5.57. The lowest BCUT2D eigenvalue weighted by molar-refractivity contribution is -0.134. The van der Waals surface area contributed by atoms with E-state index in [2.05, 4.69) is 0 Å². The summed E-state index contributed by atoms with van der Waals surface area (Å²) >= 11 is 0. The summed E-state index contributed by atoms with van der Waals surface area (Å²) in [5.41, 5.74) is 1.16. The van der Waals surface area contributed by atoms with Gasteiger partial charge in [0.15, 0.2) is 6.61 Å². The highest BCUT2D eigenvalue weighted by atomic mass is 16.5. The Morgan fingerprint density at radius 2 is 1.59 bits per heavy atom. The van der Waals surface area contributed by atoms with E-state index in [0.717, 1.165) is 18.5 Å². The quantitative estimate of drug-likeness (QED) is 0.853. The minimum absolute atomic E-state index is 0.0219. The highest BCUT2D eigenvalue weighted by Gasteiger charge is 2.21. The molecule has 1 aliphatic rings. The average molecular weight is 304 g/mol. The van der Waals surface area contributed by atoms with E-state index in [-0.39, 0.29) is 18.4 Å². The van der Waals surface area contributed by atoms with Gasteiger partial charge < -0.3 is 14.5 Å². The van der Waals surface area contributed by atoms with Crippen LogP contribution in [0.15, 0.2) is 24.3 Å². The Bertz CT molecular complexity index is 513. The maximum atomic E-state index is 12.2. The smallest absolute Gasteiger partial charge is 0.260 e. The van der Waals surface area contributed by atoms with E-state index in [4.69, 9.17) is 4.74 Å². The molecule has 0 bridgehead atoms. The summed E-state index contributed by atoms with van der Waals surface area (Å²) in [5, 5.41) is 0. The molecule has 1 aliphatic heterocycles. The van der Waals surface area contributed by atoms with Crippen molar-refractivity contribution in [1.82, 2.24) is 9.80 Å². The summed E-state index contributed by atoms with van der Waals surface area (Å²) in [5.74, 6) is 0.841. The maximum Gasteiger partial charge on any atom is 0.260 e. The molecule has 1 aromatic rings. The molecule has 0 atom stereocenters. The highest BCUT2D eigenvalue weighted by Crippen LogP contribution is 2.12. The summed E-state index contributed by atoms with van der Waals surface area (Å²) in [7, 11) is 0. The third kappa shape index (κ3) is 4.48. The zero-order valence-corrected chi connectivity index (χ0v) is 13.4. The second kappa shape index (κ2) is 7.82. The van der Waals surface area contributed by atoms with Gasteiger partial charge in [0, 0.05) is 32.6 Å². The van der Waals surface area contributed by atoms with E-state index in [9.17, 15) is 9.59 Å². The number of hydrogen-bond donors (Lipinski definition) is 0. The lowest BCUT2D eigenvalue weighted by Gasteiger charge is -2.22. The lowest BCUT2D eigenvalue weighted by Crippen LogP contribution is -2.39. The SMILES string of the molecule is CCC(=O)N1CCCN(C(=O)COc2ccc(C)cc2)CC1. The largest absolute Gasteiger partial charge is 0.484 e. The molecule has 120 valence electrons. The van der Waals surface area contributed by atoms with Crippen molar-refractivity contribution in [2.45, 2.75) is 26.7 Å². The Morgan fingerprint density at radius 1 is 1.00 bits per heavy atom. The van der Waals surface area contributed by atoms with Gasteiger partial charge in [-0.1, -0.05) is 24.6 Å². The number of carbonyl (C=O) groups is 2. The van der Waals surface area contributed by atoms with Gasteiger partial charge >= 0.3 is 0 Å². The third-order valence-electron chi connectivity index (χ3n) is 3.89. The van der Waals surface area contributed by atoms with Crippen molar-refractivity contribution in [2.75, 3.05) is 32.8 Å². The molecule has 0 unspecified atom stereocenters. The van der Waals surface area contributed by atoms with Crippen LogP contribution in [-0.2, 0) is 9.59 Å². The minimum atomic E-state index is -0.0219. The van der Waals surface area contributed by atoms with E-state index >= 15 is 0 Å². The van der Waals surface area contributed by atoms with Crippen LogP contribution in [0.1, 0.15) is 25.3 Å². The topological polar surface area (TPSA) is 49.9 Å². The van der Waals surface area contributed by atoms with Gasteiger partial charge in [0.2, 0.25) is 5.91 Å². The van der Waals surface area contributed by atoms with E-state index in [1.807, 2.05) is 43.0 Å². The average Bonchev–Trinajstić information content (AvgIpc) is 2.79. The number of aryl methyl sites for hydroxylation is 1. The van der Waals surface area contributed by atoms with Gasteiger partial charge in [0.1, 0.15) is 5.75 Å². The zero-order chi connectivity index (χ0) is 15.9. The standard InChI is InChI=1S/C17H24N2O3/c1-3-16(20)18-9-4-10-19(12-11-18)17(21)13-22-15-7-5-14(2)6-8-15/h5-8H,3-4,9-13H2,1-2H3. The van der Waals surface area contributed by atoms with Crippen molar-refractivity contribution >= 4 is 11.8 Å². The molecule has 2 rings (SSSR count).